The standard InChI is InChI=1S/C10H14FN2O7P.Ba/c11-5-4-13(10(16)12-9(5)15)8-3-6(14)7(20-8)1-2-21(17,18)19;/h4,6-8,14H,1-3H2,(H,12,15,16)(H2,17,18,19);/q;+2/p-2. The number of ether oxygens (including phenoxy) is 1. The number of aliphatic hydroxyl groups is 1. The quantitative estimate of drug-likeness (QED) is 0.366. The molecule has 22 heavy (non-hydrogen) atoms. The molecule has 1 aliphatic heterocycles. The molecule has 12 heteroatoms. The van der Waals surface area contributed by atoms with Gasteiger partial charge in [0.1, 0.15) is 6.23 Å². The van der Waals surface area contributed by atoms with Crippen LogP contribution in [-0.4, -0.2) is 81.9 Å². The van der Waals surface area contributed by atoms with E-state index >= 15 is 0 Å². The molecule has 0 spiro atoms. The zero-order valence-corrected chi connectivity index (χ0v) is 16.6. The molecule has 2 rings (SSSR count). The number of aromatic nitrogens is 2. The molecule has 118 valence electrons. The van der Waals surface area contributed by atoms with E-state index in [0.717, 1.165) is 4.57 Å². The van der Waals surface area contributed by atoms with Gasteiger partial charge in [0.2, 0.25) is 5.82 Å². The van der Waals surface area contributed by atoms with Crippen molar-refractivity contribution in [2.75, 3.05) is 6.16 Å². The number of nitrogens with one attached hydrogen (secondary N) is 1. The third-order valence-corrected chi connectivity index (χ3v) is 3.93. The van der Waals surface area contributed by atoms with Crippen LogP contribution in [0.1, 0.15) is 19.1 Å². The van der Waals surface area contributed by atoms with Crippen LogP contribution >= 0.6 is 7.60 Å². The molecule has 0 aromatic carbocycles. The molecule has 3 unspecified atom stereocenters. The summed E-state index contributed by atoms with van der Waals surface area (Å²) in [5.41, 5.74) is -2.09. The summed E-state index contributed by atoms with van der Waals surface area (Å²) in [4.78, 5) is 45.3. The maximum Gasteiger partial charge on any atom is 2.00 e. The van der Waals surface area contributed by atoms with E-state index in [2.05, 4.69) is 0 Å². The molecule has 0 amide bonds. The van der Waals surface area contributed by atoms with Crippen molar-refractivity contribution in [2.45, 2.75) is 31.3 Å². The van der Waals surface area contributed by atoms with Gasteiger partial charge >= 0.3 is 54.6 Å². The van der Waals surface area contributed by atoms with Crippen LogP contribution in [0.15, 0.2) is 15.8 Å². The monoisotopic (exact) mass is 460 g/mol. The molecule has 0 saturated carbocycles. The van der Waals surface area contributed by atoms with Crippen LogP contribution in [0.3, 0.4) is 0 Å². The Morgan fingerprint density at radius 3 is 2.73 bits per heavy atom. The van der Waals surface area contributed by atoms with E-state index in [1.165, 1.54) is 0 Å². The van der Waals surface area contributed by atoms with E-state index in [0.29, 0.717) is 6.20 Å². The number of rotatable bonds is 4. The third-order valence-electron chi connectivity index (χ3n) is 3.13. The van der Waals surface area contributed by atoms with Gasteiger partial charge in [-0.15, -0.1) is 0 Å². The van der Waals surface area contributed by atoms with Crippen LogP contribution in [-0.2, 0) is 9.30 Å². The van der Waals surface area contributed by atoms with Gasteiger partial charge in [0.05, 0.1) is 18.4 Å². The Morgan fingerprint density at radius 2 is 2.14 bits per heavy atom. The van der Waals surface area contributed by atoms with E-state index in [1.54, 1.807) is 4.98 Å². The first kappa shape index (κ1) is 20.3. The largest absolute Gasteiger partial charge is 2.00 e. The zero-order valence-electron chi connectivity index (χ0n) is 11.3. The number of halogens is 1. The molecule has 3 atom stereocenters. The molecule has 1 aliphatic rings. The molecular formula is C10H12BaFN2O7P. The van der Waals surface area contributed by atoms with E-state index in [4.69, 9.17) is 4.74 Å². The summed E-state index contributed by atoms with van der Waals surface area (Å²) in [6, 6.07) is 0. The Kier molecular flexibility index (Phi) is 7.27. The second kappa shape index (κ2) is 7.88. The summed E-state index contributed by atoms with van der Waals surface area (Å²) in [5.74, 6) is -1.19. The van der Waals surface area contributed by atoms with Crippen molar-refractivity contribution in [1.82, 2.24) is 9.55 Å². The van der Waals surface area contributed by atoms with Gasteiger partial charge in [0.25, 0.3) is 5.56 Å². The minimum atomic E-state index is -4.73. The molecule has 2 N–H and O–H groups in total. The number of H-pyrrole nitrogens is 1. The van der Waals surface area contributed by atoms with Gasteiger partial charge in [-0.3, -0.25) is 14.3 Å². The number of aliphatic hydroxyl groups excluding tert-OH is 1. The Bertz CT molecular complexity index is 687. The Balaban J connectivity index is 0.00000242. The van der Waals surface area contributed by atoms with Crippen LogP contribution in [0, 0.1) is 5.82 Å². The minimum absolute atomic E-state index is 0. The maximum atomic E-state index is 13.2. The summed E-state index contributed by atoms with van der Waals surface area (Å²) < 4.78 is 29.8. The Hall–Kier alpha value is 0.251. The average molecular weight is 460 g/mol. The molecule has 1 saturated heterocycles. The smallest absolute Gasteiger partial charge is 0.811 e. The van der Waals surface area contributed by atoms with Gasteiger partial charge in [0.15, 0.2) is 0 Å². The van der Waals surface area contributed by atoms with E-state index in [-0.39, 0.29) is 61.7 Å². The number of aromatic amines is 1. The normalized spacial score (nSPS) is 25.0. The number of nitrogens with zero attached hydrogens (tertiary/aromatic N) is 1. The van der Waals surface area contributed by atoms with E-state index in [9.17, 15) is 33.4 Å². The number of hydrogen-bond donors (Lipinski definition) is 2. The van der Waals surface area contributed by atoms with Gasteiger partial charge in [-0.05, 0) is 12.6 Å². The fourth-order valence-corrected chi connectivity index (χ4v) is 2.68. The van der Waals surface area contributed by atoms with Crippen LogP contribution in [0.5, 0.6) is 0 Å². The summed E-state index contributed by atoms with van der Waals surface area (Å²) in [6.07, 6.45) is -3.51. The van der Waals surface area contributed by atoms with Gasteiger partial charge in [0, 0.05) is 6.42 Å². The fourth-order valence-electron chi connectivity index (χ4n) is 2.11. The molecular weight excluding hydrogens is 447 g/mol. The summed E-state index contributed by atoms with van der Waals surface area (Å²) in [7, 11) is -4.73. The van der Waals surface area contributed by atoms with Crippen LogP contribution in [0.4, 0.5) is 4.39 Å². The van der Waals surface area contributed by atoms with Crippen molar-refractivity contribution in [1.29, 1.82) is 0 Å². The van der Waals surface area contributed by atoms with Gasteiger partial charge in [-0.1, -0.05) is 7.60 Å². The van der Waals surface area contributed by atoms with Crippen molar-refractivity contribution in [3.8, 4) is 0 Å². The predicted octanol–water partition coefficient (Wildman–Crippen LogP) is -2.75. The SMILES string of the molecule is O=c1[nH]c(=O)n(C2CC(O)C(CCP(=O)([O-])[O-])O2)cc1F.[Ba+2]. The summed E-state index contributed by atoms with van der Waals surface area (Å²) >= 11 is 0. The van der Waals surface area contributed by atoms with Crippen LogP contribution in [0.25, 0.3) is 0 Å². The van der Waals surface area contributed by atoms with Crippen LogP contribution in [0.2, 0.25) is 0 Å². The zero-order chi connectivity index (χ0) is 15.8. The third kappa shape index (κ3) is 5.13. The fraction of sp³-hybridized carbons (Fsp3) is 0.600. The molecule has 0 radical (unpaired) electrons. The Morgan fingerprint density at radius 1 is 1.50 bits per heavy atom. The second-order valence-corrected chi connectivity index (χ2v) is 6.37. The first-order valence-electron chi connectivity index (χ1n) is 6.03. The predicted molar refractivity (Wildman–Crippen MR) is 68.7 cm³/mol. The molecule has 1 aromatic rings. The average Bonchev–Trinajstić information content (AvgIpc) is 2.72. The Labute approximate surface area is 163 Å². The maximum absolute atomic E-state index is 13.2. The second-order valence-electron chi connectivity index (χ2n) is 4.70. The molecule has 1 fully saturated rings. The summed E-state index contributed by atoms with van der Waals surface area (Å²) in [5, 5.41) is 9.73. The van der Waals surface area contributed by atoms with Crippen molar-refractivity contribution in [2.24, 2.45) is 0 Å². The van der Waals surface area contributed by atoms with Crippen molar-refractivity contribution >= 4 is 56.5 Å². The first-order chi connectivity index (χ1) is 9.67. The molecule has 1 aromatic heterocycles. The minimum Gasteiger partial charge on any atom is -0.811 e. The van der Waals surface area contributed by atoms with Crippen molar-refractivity contribution < 1.29 is 28.6 Å². The molecule has 0 aliphatic carbocycles. The molecule has 2 heterocycles. The van der Waals surface area contributed by atoms with Gasteiger partial charge in [-0.25, -0.2) is 4.79 Å². The van der Waals surface area contributed by atoms with Crippen molar-refractivity contribution in [3.63, 3.8) is 0 Å². The van der Waals surface area contributed by atoms with Crippen LogP contribution < -0.4 is 21.0 Å². The topological polar surface area (TPSA) is 148 Å². The van der Waals surface area contributed by atoms with E-state index in [1.807, 2.05) is 0 Å². The van der Waals surface area contributed by atoms with E-state index < -0.39 is 49.3 Å². The first-order valence-corrected chi connectivity index (χ1v) is 7.76. The molecule has 9 nitrogen and oxygen atoms in total. The summed E-state index contributed by atoms with van der Waals surface area (Å²) in [6.45, 7) is 0. The molecule has 0 bridgehead atoms. The van der Waals surface area contributed by atoms with Gasteiger partial charge in [-0.2, -0.15) is 4.39 Å². The van der Waals surface area contributed by atoms with Gasteiger partial charge < -0.3 is 24.2 Å². The van der Waals surface area contributed by atoms with Crippen molar-refractivity contribution in [3.05, 3.63) is 32.9 Å². The number of hydrogen-bond acceptors (Lipinski definition) is 7.